The molecule has 4 unspecified atom stereocenters. The quantitative estimate of drug-likeness (QED) is 0.253. The Morgan fingerprint density at radius 3 is 1.59 bits per heavy atom. The first-order chi connectivity index (χ1) is 21.6. The van der Waals surface area contributed by atoms with Gasteiger partial charge in [0, 0.05) is 33.9 Å². The van der Waals surface area contributed by atoms with Crippen molar-refractivity contribution in [2.24, 2.45) is 0 Å². The molecule has 1 heteroatoms. The van der Waals surface area contributed by atoms with Crippen LogP contribution in [0.15, 0.2) is 167 Å². The van der Waals surface area contributed by atoms with Gasteiger partial charge in [-0.3, -0.25) is 0 Å². The third kappa shape index (κ3) is 4.84. The fourth-order valence-corrected chi connectivity index (χ4v) is 8.42. The minimum atomic E-state index is 0.268. The van der Waals surface area contributed by atoms with Gasteiger partial charge in [-0.25, -0.2) is 0 Å². The molecule has 4 aliphatic rings. The van der Waals surface area contributed by atoms with Crippen molar-refractivity contribution in [1.29, 1.82) is 0 Å². The van der Waals surface area contributed by atoms with Crippen LogP contribution in [-0.2, 0) is 0 Å². The highest BCUT2D eigenvalue weighted by Crippen LogP contribution is 2.53. The lowest BCUT2D eigenvalue weighted by molar-refractivity contribution is 0.829. The monoisotopic (exact) mass is 586 g/mol. The Bertz CT molecular complexity index is 1840. The average Bonchev–Trinajstić information content (AvgIpc) is 3.43. The predicted octanol–water partition coefficient (Wildman–Crippen LogP) is 9.27. The maximum atomic E-state index is 2.55. The Balaban J connectivity index is 1.42. The summed E-state index contributed by atoms with van der Waals surface area (Å²) in [6, 6.07) is 27.0. The lowest BCUT2D eigenvalue weighted by Gasteiger charge is -2.29. The molecule has 218 valence electrons. The molecule has 0 heterocycles. The van der Waals surface area contributed by atoms with E-state index in [0.29, 0.717) is 0 Å². The van der Waals surface area contributed by atoms with Gasteiger partial charge in [0.05, 0.1) is 0 Å². The van der Waals surface area contributed by atoms with Crippen molar-refractivity contribution < 1.29 is 0 Å². The first-order valence-corrected chi connectivity index (χ1v) is 17.4. The number of allylic oxidation sites excluding steroid dienone is 16. The van der Waals surface area contributed by atoms with Gasteiger partial charge in [0.25, 0.3) is 0 Å². The molecule has 0 aromatic heterocycles. The molecule has 0 amide bonds. The van der Waals surface area contributed by atoms with E-state index in [1.54, 1.807) is 11.1 Å². The maximum Gasteiger partial charge on any atom is 0.0388 e. The van der Waals surface area contributed by atoms with Gasteiger partial charge in [-0.2, -0.15) is 0 Å². The van der Waals surface area contributed by atoms with Crippen LogP contribution in [0.4, 0.5) is 0 Å². The van der Waals surface area contributed by atoms with Gasteiger partial charge < -0.3 is 0 Å². The van der Waals surface area contributed by atoms with Gasteiger partial charge >= 0.3 is 0 Å². The third-order valence-electron chi connectivity index (χ3n) is 10.3. The molecule has 4 atom stereocenters. The molecule has 0 fully saturated rings. The van der Waals surface area contributed by atoms with Gasteiger partial charge in [0.2, 0.25) is 0 Å². The second-order valence-electron chi connectivity index (χ2n) is 12.6. The van der Waals surface area contributed by atoms with Crippen LogP contribution in [0.25, 0.3) is 0 Å². The van der Waals surface area contributed by atoms with Crippen molar-refractivity contribution >= 4 is 15.4 Å². The Morgan fingerprint density at radius 1 is 0.568 bits per heavy atom. The third-order valence-corrected chi connectivity index (χ3v) is 11.4. The van der Waals surface area contributed by atoms with E-state index in [-0.39, 0.29) is 23.7 Å². The topological polar surface area (TPSA) is 0 Å². The molecule has 7 rings (SSSR count). The second kappa shape index (κ2) is 12.1. The van der Waals surface area contributed by atoms with Gasteiger partial charge in [-0.15, -0.1) is 0 Å². The van der Waals surface area contributed by atoms with E-state index in [1.807, 2.05) is 0 Å². The first kappa shape index (κ1) is 28.6. The van der Waals surface area contributed by atoms with Crippen LogP contribution in [0.3, 0.4) is 0 Å². The molecule has 0 saturated carbocycles. The molecule has 0 N–H and O–H groups in total. The highest BCUT2D eigenvalue weighted by Gasteiger charge is 2.38. The van der Waals surface area contributed by atoms with Crippen LogP contribution < -0.4 is 5.19 Å². The molecule has 0 saturated heterocycles. The van der Waals surface area contributed by atoms with E-state index >= 15 is 0 Å². The fourth-order valence-electron chi connectivity index (χ4n) is 7.98. The van der Waals surface area contributed by atoms with Crippen molar-refractivity contribution in [3.63, 3.8) is 0 Å². The Labute approximate surface area is 266 Å². The van der Waals surface area contributed by atoms with Crippen LogP contribution in [0, 0.1) is 6.92 Å². The molecule has 0 nitrogen and oxygen atoms in total. The normalized spacial score (nSPS) is 23.9. The maximum absolute atomic E-state index is 2.55. The van der Waals surface area contributed by atoms with Crippen molar-refractivity contribution in [2.75, 3.05) is 0 Å². The van der Waals surface area contributed by atoms with Crippen molar-refractivity contribution in [2.45, 2.75) is 57.3 Å². The molecule has 3 aromatic rings. The van der Waals surface area contributed by atoms with Gasteiger partial charge in [-0.1, -0.05) is 164 Å². The molecule has 0 spiro atoms. The molecule has 44 heavy (non-hydrogen) atoms. The SMILES string of the molecule is CCC1=CC2=C(C=CC=CC2c2ccccc2)C1c1ccc([SiH3])c(C)c1C1C(CC)=CC2=C1C=CC=CC2c1ccccc1. The van der Waals surface area contributed by atoms with E-state index in [2.05, 4.69) is 154 Å². The van der Waals surface area contributed by atoms with Crippen LogP contribution in [0.2, 0.25) is 0 Å². The van der Waals surface area contributed by atoms with E-state index in [1.165, 1.54) is 55.3 Å². The average molecular weight is 587 g/mol. The van der Waals surface area contributed by atoms with Crippen molar-refractivity contribution in [3.05, 3.63) is 195 Å². The molecule has 0 radical (unpaired) electrons. The minimum Gasteiger partial charge on any atom is -0.0726 e. The number of benzene rings is 3. The molecule has 3 aromatic carbocycles. The van der Waals surface area contributed by atoms with E-state index in [4.69, 9.17) is 0 Å². The zero-order chi connectivity index (χ0) is 30.2. The minimum absolute atomic E-state index is 0.268. The molecular weight excluding hydrogens is 545 g/mol. The van der Waals surface area contributed by atoms with Gasteiger partial charge in [-0.05, 0) is 69.9 Å². The fraction of sp³-hybridized carbons (Fsp3) is 0.209. The molecule has 0 aliphatic heterocycles. The van der Waals surface area contributed by atoms with Gasteiger partial charge in [0.1, 0.15) is 0 Å². The number of hydrogen-bond acceptors (Lipinski definition) is 0. The van der Waals surface area contributed by atoms with Crippen LogP contribution >= 0.6 is 0 Å². The highest BCUT2D eigenvalue weighted by atomic mass is 28.1. The van der Waals surface area contributed by atoms with Crippen molar-refractivity contribution in [3.8, 4) is 0 Å². The Hall–Kier alpha value is -4.20. The zero-order valence-electron chi connectivity index (χ0n) is 26.4. The lowest BCUT2D eigenvalue weighted by Crippen LogP contribution is -2.19. The van der Waals surface area contributed by atoms with Crippen LogP contribution in [-0.4, -0.2) is 10.2 Å². The standard InChI is InChI=1S/C43H42Si/c1-4-29-26-38-33(31-16-8-6-9-17-31)20-12-14-22-35(38)42(29)37-24-25-40(44)28(3)41(37)43-30(5-2)27-39-34(21-13-15-23-36(39)43)32-18-10-7-11-19-32/h6-27,33-34,42-43H,4-5H2,1-3,44H3. The summed E-state index contributed by atoms with van der Waals surface area (Å²) in [6.45, 7) is 7.09. The summed E-state index contributed by atoms with van der Waals surface area (Å²) in [7, 11) is 1.04. The largest absolute Gasteiger partial charge is 0.0726 e. The van der Waals surface area contributed by atoms with Crippen LogP contribution in [0.1, 0.15) is 78.2 Å². The summed E-state index contributed by atoms with van der Waals surface area (Å²) in [6.07, 6.45) is 25.8. The van der Waals surface area contributed by atoms with Crippen molar-refractivity contribution in [1.82, 2.24) is 0 Å². The number of rotatable bonds is 6. The molecule has 4 aliphatic carbocycles. The highest BCUT2D eigenvalue weighted by molar-refractivity contribution is 6.33. The summed E-state index contributed by atoms with van der Waals surface area (Å²) in [5.41, 5.74) is 16.2. The molecule has 0 bridgehead atoms. The van der Waals surface area contributed by atoms with Crippen LogP contribution in [0.5, 0.6) is 0 Å². The number of hydrogen-bond donors (Lipinski definition) is 0. The summed E-state index contributed by atoms with van der Waals surface area (Å²) in [4.78, 5) is 0. The molecular formula is C43H42Si. The first-order valence-electron chi connectivity index (χ1n) is 16.4. The zero-order valence-corrected chi connectivity index (χ0v) is 28.4. The predicted molar refractivity (Wildman–Crippen MR) is 192 cm³/mol. The summed E-state index contributed by atoms with van der Waals surface area (Å²) >= 11 is 0. The smallest absolute Gasteiger partial charge is 0.0388 e. The van der Waals surface area contributed by atoms with E-state index in [9.17, 15) is 0 Å². The Kier molecular flexibility index (Phi) is 7.83. The second-order valence-corrected chi connectivity index (χ2v) is 13.7. The van der Waals surface area contributed by atoms with Gasteiger partial charge in [0.15, 0.2) is 0 Å². The Morgan fingerprint density at radius 2 is 1.07 bits per heavy atom. The van der Waals surface area contributed by atoms with E-state index in [0.717, 1.165) is 23.1 Å². The van der Waals surface area contributed by atoms with E-state index < -0.39 is 0 Å². The summed E-state index contributed by atoms with van der Waals surface area (Å²) < 4.78 is 0. The lowest BCUT2D eigenvalue weighted by atomic mass is 9.75. The summed E-state index contributed by atoms with van der Waals surface area (Å²) in [5.74, 6) is 1.09. The summed E-state index contributed by atoms with van der Waals surface area (Å²) in [5, 5.41) is 1.51.